The lowest BCUT2D eigenvalue weighted by Crippen LogP contribution is -2.35. The monoisotopic (exact) mass is 433 g/mol. The van der Waals surface area contributed by atoms with Crippen LogP contribution in [0.5, 0.6) is 0 Å². The maximum absolute atomic E-state index is 13.0. The van der Waals surface area contributed by atoms with Crippen LogP contribution in [0.4, 0.5) is 0 Å². The number of hydrogen-bond donors (Lipinski definition) is 0. The zero-order valence-electron chi connectivity index (χ0n) is 19.5. The van der Waals surface area contributed by atoms with Crippen LogP contribution in [-0.4, -0.2) is 37.6 Å². The van der Waals surface area contributed by atoms with Crippen molar-refractivity contribution in [1.82, 2.24) is 4.90 Å². The molecule has 0 radical (unpaired) electrons. The fourth-order valence-electron chi connectivity index (χ4n) is 4.37. The minimum atomic E-state index is -0.541. The summed E-state index contributed by atoms with van der Waals surface area (Å²) < 4.78 is 10.3. The number of esters is 2. The molecule has 2 aromatic rings. The maximum atomic E-state index is 13.0. The molecule has 0 unspecified atom stereocenters. The average Bonchev–Trinajstić information content (AvgIpc) is 2.81. The summed E-state index contributed by atoms with van der Waals surface area (Å²) in [5, 5.41) is 0. The van der Waals surface area contributed by atoms with Crippen molar-refractivity contribution in [3.8, 4) is 0 Å². The fraction of sp³-hybridized carbons (Fsp3) is 0.333. The van der Waals surface area contributed by atoms with E-state index in [-0.39, 0.29) is 0 Å². The summed E-state index contributed by atoms with van der Waals surface area (Å²) in [6, 6.07) is 18.2. The smallest absolute Gasteiger partial charge is 0.336 e. The number of carbonyl (C=O) groups excluding carboxylic acids is 2. The second kappa shape index (κ2) is 10.3. The van der Waals surface area contributed by atoms with Gasteiger partial charge in [0.25, 0.3) is 0 Å². The molecule has 0 saturated heterocycles. The van der Waals surface area contributed by atoms with Crippen molar-refractivity contribution in [1.29, 1.82) is 0 Å². The van der Waals surface area contributed by atoms with Gasteiger partial charge in [-0.05, 0) is 44.7 Å². The van der Waals surface area contributed by atoms with Gasteiger partial charge in [-0.3, -0.25) is 0 Å². The number of rotatable bonds is 7. The third kappa shape index (κ3) is 4.77. The highest BCUT2D eigenvalue weighted by Gasteiger charge is 2.40. The van der Waals surface area contributed by atoms with E-state index in [4.69, 9.17) is 9.47 Å². The van der Waals surface area contributed by atoms with Crippen LogP contribution < -0.4 is 0 Å². The van der Waals surface area contributed by atoms with E-state index >= 15 is 0 Å². The number of carbonyl (C=O) groups is 2. The minimum absolute atomic E-state index is 0.435. The molecule has 0 spiro atoms. The third-order valence-electron chi connectivity index (χ3n) is 6.08. The van der Waals surface area contributed by atoms with Crippen LogP contribution in [-0.2, 0) is 25.5 Å². The standard InChI is InChI=1S/C27H31NO4/c1-18-13-15-22(16-14-18)25-23(26(29)31-4)19(2)28(20(3)24(25)27(30)32-5)17-9-12-21-10-7-6-8-11-21/h6-8,10-11,13-16,25H,9,12,17H2,1-5H3. The molecule has 0 aromatic heterocycles. The molecule has 1 aliphatic rings. The molecule has 0 saturated carbocycles. The molecule has 1 heterocycles. The zero-order valence-corrected chi connectivity index (χ0v) is 19.5. The Morgan fingerprint density at radius 3 is 1.84 bits per heavy atom. The first-order valence-corrected chi connectivity index (χ1v) is 10.8. The van der Waals surface area contributed by atoms with Gasteiger partial charge >= 0.3 is 11.9 Å². The van der Waals surface area contributed by atoms with E-state index < -0.39 is 17.9 Å². The van der Waals surface area contributed by atoms with Gasteiger partial charge in [0, 0.05) is 17.9 Å². The summed E-state index contributed by atoms with van der Waals surface area (Å²) in [5.74, 6) is -1.41. The Balaban J connectivity index is 2.04. The highest BCUT2D eigenvalue weighted by Crippen LogP contribution is 2.42. The molecule has 2 aromatic carbocycles. The third-order valence-corrected chi connectivity index (χ3v) is 6.08. The van der Waals surface area contributed by atoms with Crippen molar-refractivity contribution in [2.75, 3.05) is 20.8 Å². The molecule has 0 aliphatic carbocycles. The lowest BCUT2D eigenvalue weighted by molar-refractivity contribution is -0.137. The number of methoxy groups -OCH3 is 2. The van der Waals surface area contributed by atoms with Gasteiger partial charge in [-0.1, -0.05) is 60.2 Å². The minimum Gasteiger partial charge on any atom is -0.466 e. The molecule has 0 bridgehead atoms. The van der Waals surface area contributed by atoms with E-state index in [1.807, 2.05) is 68.1 Å². The Morgan fingerprint density at radius 1 is 0.812 bits per heavy atom. The summed E-state index contributed by atoms with van der Waals surface area (Å²) in [7, 11) is 2.75. The SMILES string of the molecule is COC(=O)C1=C(C)N(CCCc2ccccc2)C(C)=C(C(=O)OC)C1c1ccc(C)cc1. The maximum Gasteiger partial charge on any atom is 0.336 e. The summed E-state index contributed by atoms with van der Waals surface area (Å²) >= 11 is 0. The molecule has 0 amide bonds. The number of ether oxygens (including phenoxy) is 2. The van der Waals surface area contributed by atoms with Crippen LogP contribution in [0.1, 0.15) is 42.9 Å². The first kappa shape index (κ1) is 23.3. The first-order chi connectivity index (χ1) is 15.4. The highest BCUT2D eigenvalue weighted by atomic mass is 16.5. The van der Waals surface area contributed by atoms with Crippen molar-refractivity contribution >= 4 is 11.9 Å². The Kier molecular flexibility index (Phi) is 7.52. The van der Waals surface area contributed by atoms with Crippen molar-refractivity contribution in [2.45, 2.75) is 39.5 Å². The van der Waals surface area contributed by atoms with Crippen molar-refractivity contribution < 1.29 is 19.1 Å². The van der Waals surface area contributed by atoms with Gasteiger partial charge in [0.15, 0.2) is 0 Å². The molecular formula is C27H31NO4. The van der Waals surface area contributed by atoms with Crippen LogP contribution >= 0.6 is 0 Å². The number of allylic oxidation sites excluding steroid dienone is 2. The second-order valence-electron chi connectivity index (χ2n) is 8.07. The quantitative estimate of drug-likeness (QED) is 0.580. The molecule has 32 heavy (non-hydrogen) atoms. The van der Waals surface area contributed by atoms with E-state index in [1.165, 1.54) is 19.8 Å². The number of hydrogen-bond acceptors (Lipinski definition) is 5. The van der Waals surface area contributed by atoms with E-state index in [1.54, 1.807) is 0 Å². The molecule has 1 aliphatic heterocycles. The van der Waals surface area contributed by atoms with Gasteiger partial charge in [0.1, 0.15) is 0 Å². The normalized spacial score (nSPS) is 14.6. The van der Waals surface area contributed by atoms with Crippen molar-refractivity contribution in [2.24, 2.45) is 0 Å². The molecule has 168 valence electrons. The lowest BCUT2D eigenvalue weighted by atomic mass is 9.79. The Bertz CT molecular complexity index is 995. The lowest BCUT2D eigenvalue weighted by Gasteiger charge is -2.38. The van der Waals surface area contributed by atoms with Crippen LogP contribution in [0.2, 0.25) is 0 Å². The van der Waals surface area contributed by atoms with Crippen LogP contribution in [0, 0.1) is 6.92 Å². The first-order valence-electron chi connectivity index (χ1n) is 10.8. The van der Waals surface area contributed by atoms with Gasteiger partial charge in [-0.2, -0.15) is 0 Å². The van der Waals surface area contributed by atoms with Gasteiger partial charge in [-0.25, -0.2) is 9.59 Å². The van der Waals surface area contributed by atoms with Gasteiger partial charge in [0.05, 0.1) is 31.3 Å². The van der Waals surface area contributed by atoms with Crippen molar-refractivity contribution in [3.63, 3.8) is 0 Å². The molecular weight excluding hydrogens is 402 g/mol. The second-order valence-corrected chi connectivity index (χ2v) is 8.07. The Hall–Kier alpha value is -3.34. The van der Waals surface area contributed by atoms with E-state index in [0.29, 0.717) is 17.7 Å². The number of aryl methyl sites for hydroxylation is 2. The number of benzene rings is 2. The van der Waals surface area contributed by atoms with E-state index in [2.05, 4.69) is 12.1 Å². The van der Waals surface area contributed by atoms with Gasteiger partial charge in [-0.15, -0.1) is 0 Å². The van der Waals surface area contributed by atoms with Gasteiger partial charge < -0.3 is 14.4 Å². The van der Waals surface area contributed by atoms with Crippen molar-refractivity contribution in [3.05, 3.63) is 93.8 Å². The molecule has 3 rings (SSSR count). The largest absolute Gasteiger partial charge is 0.466 e. The molecule has 5 heteroatoms. The predicted octanol–water partition coefficient (Wildman–Crippen LogP) is 4.92. The molecule has 5 nitrogen and oxygen atoms in total. The fourth-order valence-corrected chi connectivity index (χ4v) is 4.37. The van der Waals surface area contributed by atoms with E-state index in [9.17, 15) is 9.59 Å². The highest BCUT2D eigenvalue weighted by molar-refractivity contribution is 5.99. The topological polar surface area (TPSA) is 55.8 Å². The zero-order chi connectivity index (χ0) is 23.3. The predicted molar refractivity (Wildman–Crippen MR) is 125 cm³/mol. The molecule has 0 atom stereocenters. The van der Waals surface area contributed by atoms with Crippen LogP contribution in [0.15, 0.2) is 77.1 Å². The molecule has 0 fully saturated rings. The van der Waals surface area contributed by atoms with Crippen LogP contribution in [0.25, 0.3) is 0 Å². The summed E-state index contributed by atoms with van der Waals surface area (Å²) in [6.45, 7) is 6.53. The van der Waals surface area contributed by atoms with Crippen LogP contribution in [0.3, 0.4) is 0 Å². The molecule has 0 N–H and O–H groups in total. The van der Waals surface area contributed by atoms with E-state index in [0.717, 1.165) is 35.4 Å². The summed E-state index contributed by atoms with van der Waals surface area (Å²) in [6.07, 6.45) is 1.78. The Morgan fingerprint density at radius 2 is 1.34 bits per heavy atom. The average molecular weight is 434 g/mol. The summed E-state index contributed by atoms with van der Waals surface area (Å²) in [5.41, 5.74) is 5.78. The van der Waals surface area contributed by atoms with Gasteiger partial charge in [0.2, 0.25) is 0 Å². The summed E-state index contributed by atoms with van der Waals surface area (Å²) in [4.78, 5) is 27.9. The number of nitrogens with zero attached hydrogens (tertiary/aromatic N) is 1. The Labute approximate surface area is 190 Å².